The Labute approximate surface area is 118 Å². The largest absolute Gasteiger partial charge is 0.311 e. The van der Waals surface area contributed by atoms with Crippen molar-refractivity contribution in [1.29, 1.82) is 0 Å². The highest BCUT2D eigenvalue weighted by molar-refractivity contribution is 5.94. The number of hydrogen-bond acceptors (Lipinski definition) is 3. The van der Waals surface area contributed by atoms with Crippen LogP contribution in [0.1, 0.15) is 12.6 Å². The van der Waals surface area contributed by atoms with Gasteiger partial charge in [-0.1, -0.05) is 49.4 Å². The van der Waals surface area contributed by atoms with Gasteiger partial charge in [0.15, 0.2) is 5.82 Å². The third-order valence-corrected chi connectivity index (χ3v) is 3.30. The fourth-order valence-electron chi connectivity index (χ4n) is 2.30. The van der Waals surface area contributed by atoms with Crippen molar-refractivity contribution in [2.75, 3.05) is 6.54 Å². The highest BCUT2D eigenvalue weighted by Crippen LogP contribution is 2.25. The summed E-state index contributed by atoms with van der Waals surface area (Å²) in [6, 6.07) is 16.5. The Kier molecular flexibility index (Phi) is 3.70. The molecule has 1 N–H and O–H groups in total. The van der Waals surface area contributed by atoms with Gasteiger partial charge in [0.2, 0.25) is 0 Å². The van der Waals surface area contributed by atoms with Crippen LogP contribution in [0, 0.1) is 0 Å². The molecule has 100 valence electrons. The summed E-state index contributed by atoms with van der Waals surface area (Å²) in [5.41, 5.74) is 2.10. The minimum atomic E-state index is 0.775. The average molecular weight is 263 g/mol. The smallest absolute Gasteiger partial charge is 0.160 e. The SMILES string of the molecule is CCNCc1ccnc(-c2cccc3ccccc23)n1. The first kappa shape index (κ1) is 12.8. The normalized spacial score (nSPS) is 10.8. The van der Waals surface area contributed by atoms with Gasteiger partial charge in [-0.05, 0) is 23.4 Å². The molecule has 3 rings (SSSR count). The third kappa shape index (κ3) is 2.53. The third-order valence-electron chi connectivity index (χ3n) is 3.30. The Morgan fingerprint density at radius 2 is 1.85 bits per heavy atom. The zero-order chi connectivity index (χ0) is 13.8. The lowest BCUT2D eigenvalue weighted by Crippen LogP contribution is -2.13. The summed E-state index contributed by atoms with van der Waals surface area (Å²) in [6.45, 7) is 3.80. The average Bonchev–Trinajstić information content (AvgIpc) is 2.52. The van der Waals surface area contributed by atoms with Gasteiger partial charge < -0.3 is 5.32 Å². The van der Waals surface area contributed by atoms with Crippen molar-refractivity contribution in [2.24, 2.45) is 0 Å². The Morgan fingerprint density at radius 1 is 1.00 bits per heavy atom. The predicted octanol–water partition coefficient (Wildman–Crippen LogP) is 3.41. The van der Waals surface area contributed by atoms with E-state index in [1.54, 1.807) is 0 Å². The van der Waals surface area contributed by atoms with Gasteiger partial charge in [0.05, 0.1) is 5.69 Å². The van der Waals surface area contributed by atoms with Gasteiger partial charge in [0, 0.05) is 18.3 Å². The van der Waals surface area contributed by atoms with E-state index in [-0.39, 0.29) is 0 Å². The van der Waals surface area contributed by atoms with E-state index >= 15 is 0 Å². The molecule has 2 aromatic carbocycles. The molecule has 0 saturated heterocycles. The van der Waals surface area contributed by atoms with Crippen LogP contribution in [-0.4, -0.2) is 16.5 Å². The van der Waals surface area contributed by atoms with Gasteiger partial charge in [0.1, 0.15) is 0 Å². The molecule has 3 aromatic rings. The quantitative estimate of drug-likeness (QED) is 0.784. The number of nitrogens with zero attached hydrogens (tertiary/aromatic N) is 2. The number of nitrogens with one attached hydrogen (secondary N) is 1. The molecule has 3 nitrogen and oxygen atoms in total. The van der Waals surface area contributed by atoms with Crippen LogP contribution in [0.15, 0.2) is 54.7 Å². The summed E-state index contributed by atoms with van der Waals surface area (Å²) >= 11 is 0. The molecular formula is C17H17N3. The minimum absolute atomic E-state index is 0.775. The Morgan fingerprint density at radius 3 is 2.75 bits per heavy atom. The molecule has 0 unspecified atom stereocenters. The van der Waals surface area contributed by atoms with Crippen LogP contribution in [0.5, 0.6) is 0 Å². The van der Waals surface area contributed by atoms with E-state index in [4.69, 9.17) is 0 Å². The zero-order valence-corrected chi connectivity index (χ0v) is 11.5. The van der Waals surface area contributed by atoms with E-state index in [2.05, 4.69) is 58.6 Å². The molecule has 0 fully saturated rings. The maximum atomic E-state index is 4.66. The fourth-order valence-corrected chi connectivity index (χ4v) is 2.30. The summed E-state index contributed by atoms with van der Waals surface area (Å²) in [5, 5.41) is 5.69. The number of rotatable bonds is 4. The molecule has 1 heterocycles. The van der Waals surface area contributed by atoms with Crippen molar-refractivity contribution >= 4 is 10.8 Å². The number of benzene rings is 2. The maximum Gasteiger partial charge on any atom is 0.160 e. The van der Waals surface area contributed by atoms with Crippen LogP contribution in [0.2, 0.25) is 0 Å². The second kappa shape index (κ2) is 5.80. The van der Waals surface area contributed by atoms with Gasteiger partial charge in [-0.2, -0.15) is 0 Å². The highest BCUT2D eigenvalue weighted by Gasteiger charge is 2.06. The summed E-state index contributed by atoms with van der Waals surface area (Å²) in [7, 11) is 0. The summed E-state index contributed by atoms with van der Waals surface area (Å²) < 4.78 is 0. The topological polar surface area (TPSA) is 37.8 Å². The molecular weight excluding hydrogens is 246 g/mol. The van der Waals surface area contributed by atoms with Gasteiger partial charge >= 0.3 is 0 Å². The minimum Gasteiger partial charge on any atom is -0.311 e. The van der Waals surface area contributed by atoms with E-state index in [1.165, 1.54) is 10.8 Å². The standard InChI is InChI=1S/C17H17N3/c1-2-18-12-14-10-11-19-17(20-14)16-9-5-7-13-6-3-4-8-15(13)16/h3-11,18H,2,12H2,1H3. The molecule has 0 saturated carbocycles. The van der Waals surface area contributed by atoms with Crippen molar-refractivity contribution in [3.8, 4) is 11.4 Å². The number of fused-ring (bicyclic) bond motifs is 1. The molecule has 20 heavy (non-hydrogen) atoms. The fraction of sp³-hybridized carbons (Fsp3) is 0.176. The lowest BCUT2D eigenvalue weighted by molar-refractivity contribution is 0.709. The van der Waals surface area contributed by atoms with E-state index in [9.17, 15) is 0 Å². The second-order valence-electron chi connectivity index (χ2n) is 4.68. The first-order valence-corrected chi connectivity index (χ1v) is 6.89. The van der Waals surface area contributed by atoms with Crippen LogP contribution in [0.3, 0.4) is 0 Å². The molecule has 0 aliphatic carbocycles. The van der Waals surface area contributed by atoms with Crippen LogP contribution >= 0.6 is 0 Å². The van der Waals surface area contributed by atoms with Crippen molar-refractivity contribution in [3.63, 3.8) is 0 Å². The molecule has 0 spiro atoms. The Balaban J connectivity index is 2.06. The predicted molar refractivity (Wildman–Crippen MR) is 82.4 cm³/mol. The molecule has 0 amide bonds. The van der Waals surface area contributed by atoms with E-state index in [1.807, 2.05) is 18.3 Å². The van der Waals surface area contributed by atoms with Crippen molar-refractivity contribution < 1.29 is 0 Å². The van der Waals surface area contributed by atoms with E-state index < -0.39 is 0 Å². The van der Waals surface area contributed by atoms with Crippen molar-refractivity contribution in [1.82, 2.24) is 15.3 Å². The summed E-state index contributed by atoms with van der Waals surface area (Å²) in [4.78, 5) is 9.09. The Hall–Kier alpha value is -2.26. The Bertz CT molecular complexity index is 717. The maximum absolute atomic E-state index is 4.66. The molecule has 3 heteroatoms. The van der Waals surface area contributed by atoms with Gasteiger partial charge in [-0.3, -0.25) is 0 Å². The first-order chi connectivity index (χ1) is 9.88. The van der Waals surface area contributed by atoms with Crippen LogP contribution in [0.4, 0.5) is 0 Å². The van der Waals surface area contributed by atoms with E-state index in [0.717, 1.165) is 30.2 Å². The van der Waals surface area contributed by atoms with Gasteiger partial charge in [0.25, 0.3) is 0 Å². The number of hydrogen-bond donors (Lipinski definition) is 1. The monoisotopic (exact) mass is 263 g/mol. The summed E-state index contributed by atoms with van der Waals surface area (Å²) in [6.07, 6.45) is 1.83. The first-order valence-electron chi connectivity index (χ1n) is 6.89. The van der Waals surface area contributed by atoms with Crippen molar-refractivity contribution in [3.05, 3.63) is 60.4 Å². The molecule has 0 aliphatic rings. The zero-order valence-electron chi connectivity index (χ0n) is 11.5. The van der Waals surface area contributed by atoms with Crippen LogP contribution in [0.25, 0.3) is 22.2 Å². The van der Waals surface area contributed by atoms with Crippen LogP contribution < -0.4 is 5.32 Å². The lowest BCUT2D eigenvalue weighted by Gasteiger charge is -2.07. The van der Waals surface area contributed by atoms with Gasteiger partial charge in [-0.15, -0.1) is 0 Å². The lowest BCUT2D eigenvalue weighted by atomic mass is 10.0. The summed E-state index contributed by atoms with van der Waals surface area (Å²) in [5.74, 6) is 0.789. The highest BCUT2D eigenvalue weighted by atomic mass is 14.9. The molecule has 0 aliphatic heterocycles. The molecule has 0 bridgehead atoms. The molecule has 1 aromatic heterocycles. The molecule has 0 atom stereocenters. The van der Waals surface area contributed by atoms with Gasteiger partial charge in [-0.25, -0.2) is 9.97 Å². The van der Waals surface area contributed by atoms with E-state index in [0.29, 0.717) is 0 Å². The number of aromatic nitrogens is 2. The molecule has 0 radical (unpaired) electrons. The second-order valence-corrected chi connectivity index (χ2v) is 4.68. The van der Waals surface area contributed by atoms with Crippen LogP contribution in [-0.2, 0) is 6.54 Å². The van der Waals surface area contributed by atoms with Crippen molar-refractivity contribution in [2.45, 2.75) is 13.5 Å².